The van der Waals surface area contributed by atoms with Crippen LogP contribution >= 0.6 is 12.2 Å². The van der Waals surface area contributed by atoms with E-state index in [9.17, 15) is 17.6 Å². The van der Waals surface area contributed by atoms with E-state index >= 15 is 0 Å². The minimum atomic E-state index is -4.71. The number of halogens is 4. The van der Waals surface area contributed by atoms with E-state index in [2.05, 4.69) is 11.9 Å². The third-order valence-corrected chi connectivity index (χ3v) is 6.18. The zero-order valence-electron chi connectivity index (χ0n) is 17.8. The van der Waals surface area contributed by atoms with Crippen molar-refractivity contribution in [1.29, 1.82) is 5.26 Å². The average molecular weight is 476 g/mol. The molecule has 0 atom stereocenters. The van der Waals surface area contributed by atoms with Crippen molar-refractivity contribution in [2.24, 2.45) is 0 Å². The van der Waals surface area contributed by atoms with E-state index in [1.54, 1.807) is 30.9 Å². The number of hydrogen-bond acceptors (Lipinski definition) is 4. The molecule has 5 nitrogen and oxygen atoms in total. The van der Waals surface area contributed by atoms with Crippen LogP contribution in [0.1, 0.15) is 25.0 Å². The molecule has 0 aromatic heterocycles. The minimum Gasteiger partial charge on any atom is -0.485 e. The maximum atomic E-state index is 14.8. The van der Waals surface area contributed by atoms with Crippen molar-refractivity contribution in [3.63, 3.8) is 0 Å². The van der Waals surface area contributed by atoms with E-state index in [4.69, 9.17) is 22.2 Å². The maximum Gasteiger partial charge on any atom is 0.417 e. The Morgan fingerprint density at radius 1 is 1.18 bits per heavy atom. The predicted molar refractivity (Wildman–Crippen MR) is 121 cm³/mol. The zero-order chi connectivity index (χ0) is 24.1. The third-order valence-electron chi connectivity index (χ3n) is 5.82. The number of ether oxygens (including phenoxy) is 1. The molecule has 0 radical (unpaired) electrons. The van der Waals surface area contributed by atoms with Crippen LogP contribution in [0.15, 0.2) is 48.7 Å². The molecule has 2 aliphatic heterocycles. The lowest BCUT2D eigenvalue weighted by Gasteiger charge is -2.32. The highest BCUT2D eigenvalue weighted by Crippen LogP contribution is 2.44. The van der Waals surface area contributed by atoms with Crippen LogP contribution in [0.25, 0.3) is 0 Å². The van der Waals surface area contributed by atoms with Crippen molar-refractivity contribution in [1.82, 2.24) is 5.32 Å². The van der Waals surface area contributed by atoms with Crippen LogP contribution in [0.4, 0.5) is 28.9 Å². The van der Waals surface area contributed by atoms with Crippen molar-refractivity contribution >= 4 is 28.7 Å². The van der Waals surface area contributed by atoms with Gasteiger partial charge in [0, 0.05) is 36.2 Å². The molecule has 2 fully saturated rings. The second-order valence-corrected chi connectivity index (χ2v) is 8.68. The third kappa shape index (κ3) is 3.92. The molecule has 0 amide bonds. The van der Waals surface area contributed by atoms with Crippen LogP contribution in [-0.2, 0) is 6.18 Å². The van der Waals surface area contributed by atoms with Crippen LogP contribution in [0.2, 0.25) is 0 Å². The number of nitrogens with zero attached hydrogens (tertiary/aromatic N) is 3. The number of hydrogen-bond donors (Lipinski definition) is 1. The molecule has 2 aliphatic rings. The van der Waals surface area contributed by atoms with E-state index in [1.165, 1.54) is 23.1 Å². The Morgan fingerprint density at radius 2 is 1.85 bits per heavy atom. The molecule has 0 unspecified atom stereocenters. The molecule has 33 heavy (non-hydrogen) atoms. The maximum absolute atomic E-state index is 14.8. The molecule has 2 saturated heterocycles. The van der Waals surface area contributed by atoms with Gasteiger partial charge in [-0.2, -0.15) is 18.4 Å². The molecule has 2 heterocycles. The Bertz CT molecular complexity index is 1180. The summed E-state index contributed by atoms with van der Waals surface area (Å²) in [4.78, 5) is 3.04. The Kier molecular flexibility index (Phi) is 5.58. The highest BCUT2D eigenvalue weighted by atomic mass is 32.1. The number of benzene rings is 2. The quantitative estimate of drug-likeness (QED) is 0.497. The smallest absolute Gasteiger partial charge is 0.417 e. The Hall–Kier alpha value is -3.16. The van der Waals surface area contributed by atoms with Gasteiger partial charge in [0.1, 0.15) is 6.10 Å². The second kappa shape index (κ2) is 8.01. The summed E-state index contributed by atoms with van der Waals surface area (Å²) in [6.45, 7) is 8.91. The van der Waals surface area contributed by atoms with Gasteiger partial charge in [0.25, 0.3) is 0 Å². The van der Waals surface area contributed by atoms with Crippen molar-refractivity contribution in [3.8, 4) is 11.8 Å². The number of anilines is 2. The van der Waals surface area contributed by atoms with Crippen LogP contribution in [0.5, 0.6) is 5.75 Å². The Morgan fingerprint density at radius 3 is 2.39 bits per heavy atom. The van der Waals surface area contributed by atoms with Crippen molar-refractivity contribution in [2.45, 2.75) is 31.7 Å². The van der Waals surface area contributed by atoms with Crippen LogP contribution in [0.3, 0.4) is 0 Å². The topological polar surface area (TPSA) is 51.5 Å². The van der Waals surface area contributed by atoms with Gasteiger partial charge < -0.3 is 15.0 Å². The number of nitrogens with one attached hydrogen (secondary N) is 1. The molecule has 10 heteroatoms. The normalized spacial score (nSPS) is 18.3. The van der Waals surface area contributed by atoms with Gasteiger partial charge in [-0.1, -0.05) is 6.58 Å². The summed E-state index contributed by atoms with van der Waals surface area (Å²) >= 11 is 5.61. The van der Waals surface area contributed by atoms with Crippen LogP contribution < -0.4 is 19.9 Å². The monoisotopic (exact) mass is 476 g/mol. The van der Waals surface area contributed by atoms with E-state index in [1.807, 2.05) is 0 Å². The van der Waals surface area contributed by atoms with Gasteiger partial charge >= 0.3 is 6.18 Å². The molecule has 1 N–H and O–H groups in total. The van der Waals surface area contributed by atoms with Gasteiger partial charge in [0.15, 0.2) is 16.7 Å². The van der Waals surface area contributed by atoms with Gasteiger partial charge in [0.2, 0.25) is 0 Å². The van der Waals surface area contributed by atoms with E-state index in [0.717, 1.165) is 12.1 Å². The largest absolute Gasteiger partial charge is 0.485 e. The molecular weight excluding hydrogens is 456 g/mol. The van der Waals surface area contributed by atoms with Crippen LogP contribution in [0, 0.1) is 17.1 Å². The highest BCUT2D eigenvalue weighted by molar-refractivity contribution is 7.80. The number of nitriles is 1. The number of rotatable bonds is 4. The summed E-state index contributed by atoms with van der Waals surface area (Å²) in [6.07, 6.45) is -4.81. The molecule has 2 aromatic rings. The summed E-state index contributed by atoms with van der Waals surface area (Å²) in [5.41, 5.74) is -1.48. The molecule has 2 aromatic carbocycles. The van der Waals surface area contributed by atoms with Gasteiger partial charge in [-0.05, 0) is 56.4 Å². The standard InChI is InChI=1S/C23H20F4N4OS/c1-13-22(2,3)31(16-6-7-20(19(24)9-16)32-17-11-29-12-17)21(33)30(13)15-5-4-14(10-28)18(8-15)23(25,26)27/h4-9,17,29H,1,11-12H2,2-3H3. The van der Waals surface area contributed by atoms with E-state index < -0.39 is 28.7 Å². The first-order chi connectivity index (χ1) is 15.4. The lowest BCUT2D eigenvalue weighted by Crippen LogP contribution is -2.50. The average Bonchev–Trinajstić information content (AvgIpc) is 2.88. The van der Waals surface area contributed by atoms with Gasteiger partial charge in [-0.25, -0.2) is 4.39 Å². The fourth-order valence-corrected chi connectivity index (χ4v) is 4.36. The molecule has 0 saturated carbocycles. The fraction of sp³-hybridized carbons (Fsp3) is 0.304. The van der Waals surface area contributed by atoms with Crippen LogP contribution in [-0.4, -0.2) is 29.8 Å². The summed E-state index contributed by atoms with van der Waals surface area (Å²) in [6, 6.07) is 9.37. The summed E-state index contributed by atoms with van der Waals surface area (Å²) in [5.74, 6) is -0.453. The Labute approximate surface area is 193 Å². The van der Waals surface area contributed by atoms with Crippen molar-refractivity contribution in [3.05, 3.63) is 65.6 Å². The minimum absolute atomic E-state index is 0.0934. The Balaban J connectivity index is 1.71. The molecule has 0 spiro atoms. The first kappa shape index (κ1) is 23.0. The first-order valence-corrected chi connectivity index (χ1v) is 10.5. The van der Waals surface area contributed by atoms with Gasteiger partial charge in [-0.3, -0.25) is 4.90 Å². The molecule has 0 aliphatic carbocycles. The van der Waals surface area contributed by atoms with Gasteiger partial charge in [-0.15, -0.1) is 0 Å². The molecule has 4 rings (SSSR count). The van der Waals surface area contributed by atoms with E-state index in [0.29, 0.717) is 24.5 Å². The lowest BCUT2D eigenvalue weighted by atomic mass is 9.99. The van der Waals surface area contributed by atoms with E-state index in [-0.39, 0.29) is 22.7 Å². The second-order valence-electron chi connectivity index (χ2n) is 8.31. The predicted octanol–water partition coefficient (Wildman–Crippen LogP) is 4.97. The summed E-state index contributed by atoms with van der Waals surface area (Å²) in [5, 5.41) is 12.3. The highest BCUT2D eigenvalue weighted by Gasteiger charge is 2.46. The summed E-state index contributed by atoms with van der Waals surface area (Å²) < 4.78 is 60.9. The van der Waals surface area contributed by atoms with Crippen molar-refractivity contribution in [2.75, 3.05) is 22.9 Å². The summed E-state index contributed by atoms with van der Waals surface area (Å²) in [7, 11) is 0. The number of alkyl halides is 3. The number of thiocarbonyl (C=S) groups is 1. The zero-order valence-corrected chi connectivity index (χ0v) is 18.6. The molecule has 0 bridgehead atoms. The SMILES string of the molecule is C=C1N(c2ccc(C#N)c(C(F)(F)F)c2)C(=S)N(c2ccc(OC3CNC3)c(F)c2)C1(C)C. The van der Waals surface area contributed by atoms with Gasteiger partial charge in [0.05, 0.1) is 22.7 Å². The molecular formula is C23H20F4N4OS. The molecule has 172 valence electrons. The lowest BCUT2D eigenvalue weighted by molar-refractivity contribution is -0.137. The first-order valence-electron chi connectivity index (χ1n) is 10.1. The fourth-order valence-electron chi connectivity index (χ4n) is 3.81. The van der Waals surface area contributed by atoms with Crippen molar-refractivity contribution < 1.29 is 22.3 Å².